The molecule has 3 heterocycles. The van der Waals surface area contributed by atoms with Crippen molar-refractivity contribution in [2.24, 2.45) is 0 Å². The lowest BCUT2D eigenvalue weighted by molar-refractivity contribution is 0.352. The van der Waals surface area contributed by atoms with Gasteiger partial charge in [0, 0.05) is 31.7 Å². The van der Waals surface area contributed by atoms with Crippen molar-refractivity contribution >= 4 is 17.3 Å². The van der Waals surface area contributed by atoms with Crippen LogP contribution in [0.25, 0.3) is 0 Å². The minimum atomic E-state index is 0.762. The Labute approximate surface area is 137 Å². The van der Waals surface area contributed by atoms with Crippen LogP contribution in [0.15, 0.2) is 36.5 Å². The molecule has 0 atom stereocenters. The highest BCUT2D eigenvalue weighted by molar-refractivity contribution is 5.68. The number of likely N-dealkylation sites (tertiary alicyclic amines) is 1. The first-order valence-corrected chi connectivity index (χ1v) is 8.55. The molecule has 0 spiro atoms. The Hall–Kier alpha value is -2.14. The van der Waals surface area contributed by atoms with E-state index in [9.17, 15) is 0 Å². The van der Waals surface area contributed by atoms with Gasteiger partial charge in [0.2, 0.25) is 5.95 Å². The molecular weight excluding hydrogens is 286 g/mol. The summed E-state index contributed by atoms with van der Waals surface area (Å²) in [7, 11) is 0. The van der Waals surface area contributed by atoms with Crippen LogP contribution in [0.1, 0.15) is 18.5 Å². The van der Waals surface area contributed by atoms with E-state index < -0.39 is 0 Å². The van der Waals surface area contributed by atoms with E-state index in [2.05, 4.69) is 44.4 Å². The van der Waals surface area contributed by atoms with Crippen LogP contribution in [0.2, 0.25) is 0 Å². The first-order valence-electron chi connectivity index (χ1n) is 8.55. The molecule has 23 heavy (non-hydrogen) atoms. The molecule has 5 nitrogen and oxygen atoms in total. The Kier molecular flexibility index (Phi) is 4.11. The predicted octanol–water partition coefficient (Wildman–Crippen LogP) is 2.68. The molecule has 2 aliphatic heterocycles. The molecule has 2 aliphatic rings. The fourth-order valence-electron chi connectivity index (χ4n) is 3.45. The lowest BCUT2D eigenvalue weighted by atomic mass is 10.3. The maximum atomic E-state index is 4.71. The quantitative estimate of drug-likeness (QED) is 0.920. The van der Waals surface area contributed by atoms with Crippen LogP contribution < -0.4 is 10.2 Å². The topological polar surface area (TPSA) is 44.3 Å². The molecule has 120 valence electrons. The van der Waals surface area contributed by atoms with Gasteiger partial charge < -0.3 is 15.1 Å². The second kappa shape index (κ2) is 6.54. The van der Waals surface area contributed by atoms with Gasteiger partial charge in [-0.1, -0.05) is 18.2 Å². The van der Waals surface area contributed by atoms with Gasteiger partial charge in [-0.25, -0.2) is 9.97 Å². The van der Waals surface area contributed by atoms with Crippen LogP contribution in [-0.2, 0) is 6.42 Å². The summed E-state index contributed by atoms with van der Waals surface area (Å²) in [6.07, 6.45) is 5.61. The fourth-order valence-corrected chi connectivity index (χ4v) is 3.45. The summed E-state index contributed by atoms with van der Waals surface area (Å²) in [6, 6.07) is 10.5. The summed E-state index contributed by atoms with van der Waals surface area (Å²) in [5, 5.41) is 3.37. The highest BCUT2D eigenvalue weighted by atomic mass is 15.2. The smallest absolute Gasteiger partial charge is 0.223 e. The molecule has 0 aliphatic carbocycles. The summed E-state index contributed by atoms with van der Waals surface area (Å²) < 4.78 is 0. The van der Waals surface area contributed by atoms with E-state index in [4.69, 9.17) is 4.98 Å². The largest absolute Gasteiger partial charge is 0.353 e. The summed E-state index contributed by atoms with van der Waals surface area (Å²) in [6.45, 7) is 5.44. The zero-order valence-electron chi connectivity index (χ0n) is 13.4. The average Bonchev–Trinajstić information content (AvgIpc) is 3.25. The summed E-state index contributed by atoms with van der Waals surface area (Å²) in [5.74, 6) is 0.762. The Morgan fingerprint density at radius 2 is 1.87 bits per heavy atom. The lowest BCUT2D eigenvalue weighted by Gasteiger charge is -2.19. The number of hydrogen-bond acceptors (Lipinski definition) is 5. The van der Waals surface area contributed by atoms with Crippen molar-refractivity contribution in [1.29, 1.82) is 0 Å². The maximum absolute atomic E-state index is 4.71. The number of fused-ring (bicyclic) bond motifs is 1. The van der Waals surface area contributed by atoms with E-state index in [1.807, 2.05) is 12.3 Å². The third-order valence-corrected chi connectivity index (χ3v) is 4.69. The molecule has 1 aromatic carbocycles. The zero-order valence-corrected chi connectivity index (χ0v) is 13.4. The minimum Gasteiger partial charge on any atom is -0.353 e. The summed E-state index contributed by atoms with van der Waals surface area (Å²) in [4.78, 5) is 14.0. The fraction of sp³-hybridized carbons (Fsp3) is 0.444. The molecule has 5 heteroatoms. The molecule has 1 N–H and O–H groups in total. The monoisotopic (exact) mass is 309 g/mol. The molecule has 1 aromatic heterocycles. The van der Waals surface area contributed by atoms with Crippen molar-refractivity contribution in [3.63, 3.8) is 0 Å². The van der Waals surface area contributed by atoms with E-state index in [1.54, 1.807) is 0 Å². The first-order chi connectivity index (χ1) is 11.4. The van der Waals surface area contributed by atoms with Crippen molar-refractivity contribution in [2.75, 3.05) is 42.9 Å². The first kappa shape index (κ1) is 14.5. The van der Waals surface area contributed by atoms with E-state index in [0.717, 1.165) is 43.4 Å². The highest BCUT2D eigenvalue weighted by Gasteiger charge is 2.22. The number of nitrogens with zero attached hydrogens (tertiary/aromatic N) is 4. The summed E-state index contributed by atoms with van der Waals surface area (Å²) >= 11 is 0. The SMILES string of the molecule is c1ccc(N2CCc3nc(NCCN4CCCC4)ncc32)cc1. The lowest BCUT2D eigenvalue weighted by Crippen LogP contribution is -2.26. The molecule has 0 saturated carbocycles. The maximum Gasteiger partial charge on any atom is 0.223 e. The van der Waals surface area contributed by atoms with E-state index in [0.29, 0.717) is 0 Å². The number of benzene rings is 1. The van der Waals surface area contributed by atoms with Gasteiger partial charge in [0.25, 0.3) is 0 Å². The molecule has 1 saturated heterocycles. The van der Waals surface area contributed by atoms with Crippen molar-refractivity contribution in [1.82, 2.24) is 14.9 Å². The molecular formula is C18H23N5. The van der Waals surface area contributed by atoms with Gasteiger partial charge in [-0.05, 0) is 38.1 Å². The van der Waals surface area contributed by atoms with E-state index >= 15 is 0 Å². The molecule has 2 aromatic rings. The van der Waals surface area contributed by atoms with Crippen molar-refractivity contribution in [3.8, 4) is 0 Å². The van der Waals surface area contributed by atoms with Crippen LogP contribution in [0, 0.1) is 0 Å². The number of nitrogens with one attached hydrogen (secondary N) is 1. The van der Waals surface area contributed by atoms with Crippen molar-refractivity contribution in [2.45, 2.75) is 19.3 Å². The second-order valence-corrected chi connectivity index (χ2v) is 6.24. The van der Waals surface area contributed by atoms with Gasteiger partial charge >= 0.3 is 0 Å². The average molecular weight is 309 g/mol. The highest BCUT2D eigenvalue weighted by Crippen LogP contribution is 2.32. The van der Waals surface area contributed by atoms with Gasteiger partial charge in [-0.3, -0.25) is 0 Å². The van der Waals surface area contributed by atoms with Crippen LogP contribution in [0.3, 0.4) is 0 Å². The third kappa shape index (κ3) is 3.15. The van der Waals surface area contributed by atoms with Crippen molar-refractivity contribution in [3.05, 3.63) is 42.2 Å². The number of rotatable bonds is 5. The van der Waals surface area contributed by atoms with Gasteiger partial charge in [0.15, 0.2) is 0 Å². The Morgan fingerprint density at radius 3 is 2.70 bits per heavy atom. The molecule has 0 bridgehead atoms. The van der Waals surface area contributed by atoms with Crippen LogP contribution >= 0.6 is 0 Å². The predicted molar refractivity (Wildman–Crippen MR) is 93.3 cm³/mol. The van der Waals surface area contributed by atoms with E-state index in [1.165, 1.54) is 31.6 Å². The normalized spacial score (nSPS) is 17.5. The van der Waals surface area contributed by atoms with Gasteiger partial charge in [0.1, 0.15) is 0 Å². The molecule has 0 unspecified atom stereocenters. The second-order valence-electron chi connectivity index (χ2n) is 6.24. The molecule has 0 amide bonds. The number of aromatic nitrogens is 2. The number of para-hydroxylation sites is 1. The molecule has 1 fully saturated rings. The Bertz CT molecular complexity index is 652. The van der Waals surface area contributed by atoms with Gasteiger partial charge in [-0.2, -0.15) is 0 Å². The van der Waals surface area contributed by atoms with Crippen LogP contribution in [-0.4, -0.2) is 47.6 Å². The Morgan fingerprint density at radius 1 is 1.04 bits per heavy atom. The van der Waals surface area contributed by atoms with Crippen LogP contribution in [0.5, 0.6) is 0 Å². The number of hydrogen-bond donors (Lipinski definition) is 1. The summed E-state index contributed by atoms with van der Waals surface area (Å²) in [5.41, 5.74) is 3.50. The molecule has 4 rings (SSSR count). The van der Waals surface area contributed by atoms with E-state index in [-0.39, 0.29) is 0 Å². The molecule has 0 radical (unpaired) electrons. The Balaban J connectivity index is 1.41. The standard InChI is InChI=1S/C18H23N5/c1-2-6-15(7-3-1)23-12-8-16-17(23)14-20-18(21-16)19-9-13-22-10-4-5-11-22/h1-3,6-7,14H,4-5,8-13H2,(H,19,20,21). The van der Waals surface area contributed by atoms with Gasteiger partial charge in [-0.15, -0.1) is 0 Å². The van der Waals surface area contributed by atoms with Crippen molar-refractivity contribution < 1.29 is 0 Å². The number of anilines is 3. The van der Waals surface area contributed by atoms with Gasteiger partial charge in [0.05, 0.1) is 17.6 Å². The third-order valence-electron chi connectivity index (χ3n) is 4.69. The van der Waals surface area contributed by atoms with Crippen LogP contribution in [0.4, 0.5) is 17.3 Å². The zero-order chi connectivity index (χ0) is 15.5. The minimum absolute atomic E-state index is 0.762.